The molecule has 0 aliphatic carbocycles. The minimum Gasteiger partial charge on any atom is -0.399 e. The highest BCUT2D eigenvalue weighted by Crippen LogP contribution is 2.04. The molecule has 4 heteroatoms. The Balaban J connectivity index is 2.35. The van der Waals surface area contributed by atoms with Gasteiger partial charge in [-0.25, -0.2) is 0 Å². The highest BCUT2D eigenvalue weighted by Gasteiger charge is 2.05. The van der Waals surface area contributed by atoms with Crippen molar-refractivity contribution in [3.63, 3.8) is 0 Å². The quantitative estimate of drug-likeness (QED) is 0.724. The molecule has 0 bridgehead atoms. The van der Waals surface area contributed by atoms with Crippen LogP contribution in [-0.4, -0.2) is 37.0 Å². The fraction of sp³-hybridized carbons (Fsp3) is 0.500. The minimum absolute atomic E-state index is 0.0393. The molecule has 0 radical (unpaired) electrons. The minimum atomic E-state index is -0.0393. The van der Waals surface area contributed by atoms with Crippen molar-refractivity contribution in [2.45, 2.75) is 20.3 Å². The molecule has 1 aromatic rings. The number of anilines is 1. The zero-order valence-corrected chi connectivity index (χ0v) is 11.3. The van der Waals surface area contributed by atoms with Crippen molar-refractivity contribution in [3.05, 3.63) is 29.8 Å². The van der Waals surface area contributed by atoms with E-state index in [9.17, 15) is 4.79 Å². The van der Waals surface area contributed by atoms with Gasteiger partial charge >= 0.3 is 0 Å². The molecular weight excluding hydrogens is 226 g/mol. The molecule has 0 aromatic heterocycles. The molecule has 1 aromatic carbocycles. The number of amides is 1. The lowest BCUT2D eigenvalue weighted by Gasteiger charge is -2.19. The van der Waals surface area contributed by atoms with Gasteiger partial charge in [0.25, 0.3) is 5.91 Å². The number of carbonyl (C=O) groups is 1. The molecule has 0 aliphatic rings. The standard InChI is InChI=1S/C14H23N3O/c1-3-10-17(4-2)11-9-16-14(18)12-5-7-13(15)8-6-12/h5-8H,3-4,9-11,15H2,1-2H3,(H,16,18). The summed E-state index contributed by atoms with van der Waals surface area (Å²) in [7, 11) is 0. The monoisotopic (exact) mass is 249 g/mol. The SMILES string of the molecule is CCCN(CC)CCNC(=O)c1ccc(N)cc1. The molecule has 0 atom stereocenters. The Morgan fingerprint density at radius 2 is 1.89 bits per heavy atom. The lowest BCUT2D eigenvalue weighted by atomic mass is 10.2. The summed E-state index contributed by atoms with van der Waals surface area (Å²) >= 11 is 0. The Bertz CT molecular complexity index is 362. The van der Waals surface area contributed by atoms with E-state index in [4.69, 9.17) is 5.73 Å². The first-order valence-electron chi connectivity index (χ1n) is 6.53. The summed E-state index contributed by atoms with van der Waals surface area (Å²) in [6.07, 6.45) is 1.14. The largest absolute Gasteiger partial charge is 0.399 e. The molecule has 0 saturated heterocycles. The van der Waals surface area contributed by atoms with Crippen LogP contribution in [0.2, 0.25) is 0 Å². The molecule has 0 unspecified atom stereocenters. The number of hydrogen-bond acceptors (Lipinski definition) is 3. The topological polar surface area (TPSA) is 58.4 Å². The summed E-state index contributed by atoms with van der Waals surface area (Å²) < 4.78 is 0. The average molecular weight is 249 g/mol. The third kappa shape index (κ3) is 4.75. The second-order valence-corrected chi connectivity index (χ2v) is 4.31. The number of nitrogens with two attached hydrogens (primary N) is 1. The molecule has 1 amide bonds. The summed E-state index contributed by atoms with van der Waals surface area (Å²) in [4.78, 5) is 14.1. The third-order valence-corrected chi connectivity index (χ3v) is 2.87. The molecule has 4 nitrogen and oxygen atoms in total. The van der Waals surface area contributed by atoms with E-state index < -0.39 is 0 Å². The van der Waals surface area contributed by atoms with Gasteiger partial charge in [-0.1, -0.05) is 13.8 Å². The van der Waals surface area contributed by atoms with Crippen molar-refractivity contribution in [2.24, 2.45) is 0 Å². The van der Waals surface area contributed by atoms with Gasteiger partial charge in [0.15, 0.2) is 0 Å². The van der Waals surface area contributed by atoms with Gasteiger partial charge < -0.3 is 16.0 Å². The number of rotatable bonds is 7. The van der Waals surface area contributed by atoms with E-state index in [-0.39, 0.29) is 5.91 Å². The van der Waals surface area contributed by atoms with Crippen LogP contribution in [0.15, 0.2) is 24.3 Å². The first-order chi connectivity index (χ1) is 8.67. The van der Waals surface area contributed by atoms with Crippen LogP contribution in [0.1, 0.15) is 30.6 Å². The van der Waals surface area contributed by atoms with Gasteiger partial charge in [-0.05, 0) is 43.8 Å². The summed E-state index contributed by atoms with van der Waals surface area (Å²) in [5, 5.41) is 2.92. The molecule has 0 spiro atoms. The smallest absolute Gasteiger partial charge is 0.251 e. The Hall–Kier alpha value is -1.55. The van der Waals surface area contributed by atoms with Crippen LogP contribution in [0, 0.1) is 0 Å². The van der Waals surface area contributed by atoms with Crippen LogP contribution in [0.4, 0.5) is 5.69 Å². The molecular formula is C14H23N3O. The zero-order chi connectivity index (χ0) is 13.4. The second kappa shape index (κ2) is 7.71. The van der Waals surface area contributed by atoms with Gasteiger partial charge in [-0.15, -0.1) is 0 Å². The highest BCUT2D eigenvalue weighted by molar-refractivity contribution is 5.94. The van der Waals surface area contributed by atoms with Gasteiger partial charge in [0.2, 0.25) is 0 Å². The zero-order valence-electron chi connectivity index (χ0n) is 11.3. The summed E-state index contributed by atoms with van der Waals surface area (Å²) in [5.41, 5.74) is 6.91. The van der Waals surface area contributed by atoms with Gasteiger partial charge in [-0.3, -0.25) is 4.79 Å². The third-order valence-electron chi connectivity index (χ3n) is 2.87. The maximum atomic E-state index is 11.8. The number of likely N-dealkylation sites (N-methyl/N-ethyl adjacent to an activating group) is 1. The van der Waals surface area contributed by atoms with Gasteiger partial charge in [-0.2, -0.15) is 0 Å². The van der Waals surface area contributed by atoms with Crippen LogP contribution in [0.3, 0.4) is 0 Å². The number of hydrogen-bond donors (Lipinski definition) is 2. The molecule has 0 fully saturated rings. The fourth-order valence-corrected chi connectivity index (χ4v) is 1.81. The van der Waals surface area contributed by atoms with Crippen LogP contribution < -0.4 is 11.1 Å². The number of nitrogens with zero attached hydrogens (tertiary/aromatic N) is 1. The van der Waals surface area contributed by atoms with E-state index in [0.717, 1.165) is 26.1 Å². The van der Waals surface area contributed by atoms with Crippen molar-refractivity contribution < 1.29 is 4.79 Å². The molecule has 3 N–H and O–H groups in total. The number of nitrogen functional groups attached to an aromatic ring is 1. The fourth-order valence-electron chi connectivity index (χ4n) is 1.81. The van der Waals surface area contributed by atoms with Gasteiger partial charge in [0.1, 0.15) is 0 Å². The van der Waals surface area contributed by atoms with Gasteiger partial charge in [0, 0.05) is 24.3 Å². The normalized spacial score (nSPS) is 10.6. The highest BCUT2D eigenvalue weighted by atomic mass is 16.1. The maximum Gasteiger partial charge on any atom is 0.251 e. The van der Waals surface area contributed by atoms with Crippen molar-refractivity contribution in [1.29, 1.82) is 0 Å². The Kier molecular flexibility index (Phi) is 6.22. The van der Waals surface area contributed by atoms with E-state index in [0.29, 0.717) is 17.8 Å². The number of benzene rings is 1. The first-order valence-corrected chi connectivity index (χ1v) is 6.53. The lowest BCUT2D eigenvalue weighted by molar-refractivity contribution is 0.0948. The second-order valence-electron chi connectivity index (χ2n) is 4.31. The molecule has 18 heavy (non-hydrogen) atoms. The molecule has 100 valence electrons. The van der Waals surface area contributed by atoms with Crippen molar-refractivity contribution >= 4 is 11.6 Å². The van der Waals surface area contributed by atoms with Crippen LogP contribution in [0.25, 0.3) is 0 Å². The summed E-state index contributed by atoms with van der Waals surface area (Å²) in [6, 6.07) is 6.97. The van der Waals surface area contributed by atoms with Crippen LogP contribution in [0.5, 0.6) is 0 Å². The Labute approximate surface area is 109 Å². The predicted octanol–water partition coefficient (Wildman–Crippen LogP) is 1.73. The average Bonchev–Trinajstić information content (AvgIpc) is 2.38. The van der Waals surface area contributed by atoms with Crippen molar-refractivity contribution in [3.8, 4) is 0 Å². The van der Waals surface area contributed by atoms with Crippen molar-refractivity contribution in [2.75, 3.05) is 31.9 Å². The summed E-state index contributed by atoms with van der Waals surface area (Å²) in [6.45, 7) is 7.97. The number of carbonyl (C=O) groups excluding carboxylic acids is 1. The summed E-state index contributed by atoms with van der Waals surface area (Å²) in [5.74, 6) is -0.0393. The number of nitrogens with one attached hydrogen (secondary N) is 1. The van der Waals surface area contributed by atoms with E-state index in [2.05, 4.69) is 24.1 Å². The van der Waals surface area contributed by atoms with E-state index in [1.165, 1.54) is 0 Å². The Morgan fingerprint density at radius 3 is 2.44 bits per heavy atom. The first kappa shape index (κ1) is 14.5. The predicted molar refractivity (Wildman–Crippen MR) is 75.6 cm³/mol. The van der Waals surface area contributed by atoms with Gasteiger partial charge in [0.05, 0.1) is 0 Å². The molecule has 0 aliphatic heterocycles. The molecule has 1 rings (SSSR count). The van der Waals surface area contributed by atoms with E-state index >= 15 is 0 Å². The van der Waals surface area contributed by atoms with E-state index in [1.54, 1.807) is 24.3 Å². The maximum absolute atomic E-state index is 11.8. The van der Waals surface area contributed by atoms with Crippen LogP contribution >= 0.6 is 0 Å². The molecule has 0 heterocycles. The molecule has 0 saturated carbocycles. The lowest BCUT2D eigenvalue weighted by Crippen LogP contribution is -2.35. The van der Waals surface area contributed by atoms with Crippen LogP contribution in [-0.2, 0) is 0 Å². The Morgan fingerprint density at radius 1 is 1.22 bits per heavy atom. The van der Waals surface area contributed by atoms with Crippen molar-refractivity contribution in [1.82, 2.24) is 10.2 Å². The van der Waals surface area contributed by atoms with E-state index in [1.807, 2.05) is 0 Å².